The number of imidazole rings is 1. The number of aromatic nitrogens is 2. The van der Waals surface area contributed by atoms with Crippen LogP contribution in [0, 0.1) is 10.1 Å². The Labute approximate surface area is 134 Å². The molecule has 1 aromatic heterocycles. The number of esters is 1. The normalized spacial score (nSPS) is 10.2. The van der Waals surface area contributed by atoms with E-state index in [0.717, 1.165) is 23.0 Å². The van der Waals surface area contributed by atoms with Crippen LogP contribution in [0.1, 0.15) is 38.3 Å². The van der Waals surface area contributed by atoms with Crippen molar-refractivity contribution in [1.82, 2.24) is 9.55 Å². The van der Waals surface area contributed by atoms with Gasteiger partial charge in [0.25, 0.3) is 5.69 Å². The Morgan fingerprint density at radius 1 is 1.46 bits per heavy atom. The van der Waals surface area contributed by atoms with E-state index in [1.165, 1.54) is 6.07 Å². The number of hydrogen-bond acceptors (Lipinski definition) is 7. The third-order valence-electron chi connectivity index (χ3n) is 3.05. The van der Waals surface area contributed by atoms with Gasteiger partial charge in [-0.1, -0.05) is 0 Å². The van der Waals surface area contributed by atoms with Crippen molar-refractivity contribution >= 4 is 23.9 Å². The number of aromatic carboxylic acids is 1. The predicted molar refractivity (Wildman–Crippen MR) is 78.5 cm³/mol. The van der Waals surface area contributed by atoms with E-state index in [4.69, 9.17) is 4.74 Å². The lowest BCUT2D eigenvalue weighted by Gasteiger charge is -2.08. The number of benzene rings is 1. The first-order chi connectivity index (χ1) is 11.4. The van der Waals surface area contributed by atoms with E-state index in [1.54, 1.807) is 6.92 Å². The van der Waals surface area contributed by atoms with Crippen molar-refractivity contribution in [2.75, 3.05) is 6.61 Å². The second kappa shape index (κ2) is 6.69. The third kappa shape index (κ3) is 2.97. The van der Waals surface area contributed by atoms with Gasteiger partial charge in [0.15, 0.2) is 17.7 Å². The molecule has 0 bridgehead atoms. The molecule has 0 saturated heterocycles. The number of hydrogen-bond donors (Lipinski definition) is 1. The molecule has 1 N–H and O–H groups in total. The zero-order chi connectivity index (χ0) is 17.9. The summed E-state index contributed by atoms with van der Waals surface area (Å²) in [4.78, 5) is 48.3. The molecule has 0 saturated carbocycles. The lowest BCUT2D eigenvalue weighted by molar-refractivity contribution is -0.384. The van der Waals surface area contributed by atoms with Gasteiger partial charge in [-0.05, 0) is 13.0 Å². The van der Waals surface area contributed by atoms with Gasteiger partial charge in [0, 0.05) is 17.7 Å². The summed E-state index contributed by atoms with van der Waals surface area (Å²) in [6, 6.07) is 3.31. The molecule has 1 heterocycles. The van der Waals surface area contributed by atoms with Gasteiger partial charge < -0.3 is 9.84 Å². The number of aldehydes is 1. The second-order valence-corrected chi connectivity index (χ2v) is 4.46. The van der Waals surface area contributed by atoms with Gasteiger partial charge in [-0.25, -0.2) is 14.6 Å². The summed E-state index contributed by atoms with van der Waals surface area (Å²) in [7, 11) is 0. The Kier molecular flexibility index (Phi) is 4.68. The van der Waals surface area contributed by atoms with E-state index in [0.29, 0.717) is 6.29 Å². The Balaban J connectivity index is 2.65. The molecule has 10 heteroatoms. The standard InChI is InChI=1S/C14H11N3O7/c1-2-24-14(21)11-12(13(19)20)16(7-15-11)10-4-3-9(17(22)23)5-8(10)6-18/h3-7H,2H2,1H3,(H,19,20). The number of carboxylic acids is 1. The highest BCUT2D eigenvalue weighted by molar-refractivity contribution is 6.00. The van der Waals surface area contributed by atoms with E-state index in [1.807, 2.05) is 0 Å². The molecule has 0 atom stereocenters. The van der Waals surface area contributed by atoms with Crippen LogP contribution in [-0.4, -0.2) is 44.4 Å². The molecule has 0 spiro atoms. The van der Waals surface area contributed by atoms with Crippen molar-refractivity contribution in [3.63, 3.8) is 0 Å². The summed E-state index contributed by atoms with van der Waals surface area (Å²) in [5.74, 6) is -2.39. The molecule has 0 aliphatic carbocycles. The van der Waals surface area contributed by atoms with Crippen LogP contribution in [0.25, 0.3) is 5.69 Å². The molecule has 0 amide bonds. The lowest BCUT2D eigenvalue weighted by Crippen LogP contribution is -2.15. The molecule has 24 heavy (non-hydrogen) atoms. The average molecular weight is 333 g/mol. The van der Waals surface area contributed by atoms with Crippen molar-refractivity contribution in [3.05, 3.63) is 51.6 Å². The van der Waals surface area contributed by atoms with Crippen LogP contribution in [0.15, 0.2) is 24.5 Å². The molecule has 0 aliphatic heterocycles. The number of carbonyl (C=O) groups excluding carboxylic acids is 2. The Morgan fingerprint density at radius 3 is 2.71 bits per heavy atom. The molecule has 124 valence electrons. The monoisotopic (exact) mass is 333 g/mol. The van der Waals surface area contributed by atoms with Gasteiger partial charge in [-0.3, -0.25) is 19.5 Å². The van der Waals surface area contributed by atoms with Crippen molar-refractivity contribution in [3.8, 4) is 5.69 Å². The molecule has 0 fully saturated rings. The smallest absolute Gasteiger partial charge is 0.359 e. The number of non-ortho nitro benzene ring substituents is 1. The van der Waals surface area contributed by atoms with Crippen LogP contribution in [0.3, 0.4) is 0 Å². The maximum Gasteiger partial charge on any atom is 0.359 e. The predicted octanol–water partition coefficient (Wildman–Crippen LogP) is 1.47. The zero-order valence-electron chi connectivity index (χ0n) is 12.3. The van der Waals surface area contributed by atoms with E-state index in [-0.39, 0.29) is 23.5 Å². The van der Waals surface area contributed by atoms with Crippen LogP contribution >= 0.6 is 0 Å². The number of nitro groups is 1. The lowest BCUT2D eigenvalue weighted by atomic mass is 10.1. The van der Waals surface area contributed by atoms with Crippen LogP contribution in [0.5, 0.6) is 0 Å². The fourth-order valence-electron chi connectivity index (χ4n) is 2.05. The van der Waals surface area contributed by atoms with Crippen LogP contribution < -0.4 is 0 Å². The number of nitro benzene ring substituents is 1. The number of carboxylic acid groups (broad SMARTS) is 1. The number of carbonyl (C=O) groups is 3. The molecule has 10 nitrogen and oxygen atoms in total. The molecule has 0 aliphatic rings. The summed E-state index contributed by atoms with van der Waals surface area (Å²) < 4.78 is 5.73. The number of ether oxygens (including phenoxy) is 1. The molecular formula is C14H11N3O7. The first-order valence-electron chi connectivity index (χ1n) is 6.62. The fraction of sp³-hybridized carbons (Fsp3) is 0.143. The fourth-order valence-corrected chi connectivity index (χ4v) is 2.05. The van der Waals surface area contributed by atoms with E-state index < -0.39 is 28.2 Å². The minimum absolute atomic E-state index is 0.0296. The second-order valence-electron chi connectivity index (χ2n) is 4.46. The average Bonchev–Trinajstić information content (AvgIpc) is 2.99. The molecule has 0 radical (unpaired) electrons. The van der Waals surface area contributed by atoms with Gasteiger partial charge in [-0.15, -0.1) is 0 Å². The third-order valence-corrected chi connectivity index (χ3v) is 3.05. The highest BCUT2D eigenvalue weighted by Gasteiger charge is 2.26. The summed E-state index contributed by atoms with van der Waals surface area (Å²) in [6.45, 7) is 1.58. The van der Waals surface area contributed by atoms with E-state index in [2.05, 4.69) is 4.98 Å². The Hall–Kier alpha value is -3.56. The molecular weight excluding hydrogens is 322 g/mol. The summed E-state index contributed by atoms with van der Waals surface area (Å²) >= 11 is 0. The summed E-state index contributed by atoms with van der Waals surface area (Å²) in [5.41, 5.74) is -1.36. The molecule has 2 aromatic rings. The quantitative estimate of drug-likeness (QED) is 0.362. The van der Waals surface area contributed by atoms with Gasteiger partial charge in [0.2, 0.25) is 0 Å². The van der Waals surface area contributed by atoms with Gasteiger partial charge in [0.05, 0.1) is 17.2 Å². The van der Waals surface area contributed by atoms with Gasteiger partial charge in [-0.2, -0.15) is 0 Å². The largest absolute Gasteiger partial charge is 0.476 e. The van der Waals surface area contributed by atoms with Crippen molar-refractivity contribution < 1.29 is 29.2 Å². The SMILES string of the molecule is CCOC(=O)c1ncn(-c2ccc([N+](=O)[O-])cc2C=O)c1C(=O)O. The maximum atomic E-state index is 11.8. The van der Waals surface area contributed by atoms with Gasteiger partial charge in [0.1, 0.15) is 6.33 Å². The van der Waals surface area contributed by atoms with Crippen molar-refractivity contribution in [1.29, 1.82) is 0 Å². The summed E-state index contributed by atoms with van der Waals surface area (Å²) in [6.07, 6.45) is 1.38. The topological polar surface area (TPSA) is 142 Å². The van der Waals surface area contributed by atoms with Gasteiger partial charge >= 0.3 is 11.9 Å². The minimum Gasteiger partial charge on any atom is -0.476 e. The van der Waals surface area contributed by atoms with E-state index in [9.17, 15) is 29.6 Å². The van der Waals surface area contributed by atoms with Crippen molar-refractivity contribution in [2.45, 2.75) is 6.92 Å². The molecule has 0 unspecified atom stereocenters. The first-order valence-corrected chi connectivity index (χ1v) is 6.62. The van der Waals surface area contributed by atoms with Crippen LogP contribution in [-0.2, 0) is 4.74 Å². The zero-order valence-corrected chi connectivity index (χ0v) is 12.3. The molecule has 1 aromatic carbocycles. The van der Waals surface area contributed by atoms with Crippen molar-refractivity contribution in [2.24, 2.45) is 0 Å². The number of rotatable bonds is 6. The first kappa shape index (κ1) is 16.8. The van der Waals surface area contributed by atoms with Crippen LogP contribution in [0.4, 0.5) is 5.69 Å². The van der Waals surface area contributed by atoms with E-state index >= 15 is 0 Å². The van der Waals surface area contributed by atoms with Crippen LogP contribution in [0.2, 0.25) is 0 Å². The highest BCUT2D eigenvalue weighted by Crippen LogP contribution is 2.23. The molecule has 2 rings (SSSR count). The maximum absolute atomic E-state index is 11.8. The Morgan fingerprint density at radius 2 is 2.17 bits per heavy atom. The number of nitrogens with zero attached hydrogens (tertiary/aromatic N) is 3. The summed E-state index contributed by atoms with van der Waals surface area (Å²) in [5, 5.41) is 20.1. The Bertz CT molecular complexity index is 841. The minimum atomic E-state index is -1.47. The highest BCUT2D eigenvalue weighted by atomic mass is 16.6.